The summed E-state index contributed by atoms with van der Waals surface area (Å²) < 4.78 is 37.1. The van der Waals surface area contributed by atoms with E-state index in [4.69, 9.17) is 14.6 Å². The topological polar surface area (TPSA) is 116 Å². The molecule has 3 aliphatic heterocycles. The van der Waals surface area contributed by atoms with Gasteiger partial charge in [0.05, 0.1) is 25.5 Å². The number of alkyl halides is 3. The van der Waals surface area contributed by atoms with Crippen LogP contribution in [0.2, 0.25) is 0 Å². The number of carboxylic acids is 1. The van der Waals surface area contributed by atoms with Gasteiger partial charge in [0, 0.05) is 19.1 Å². The molecule has 3 aliphatic rings. The minimum Gasteiger partial charge on any atom is -0.497 e. The van der Waals surface area contributed by atoms with Gasteiger partial charge in [0.1, 0.15) is 11.3 Å². The Bertz CT molecular complexity index is 1550. The molecule has 0 aliphatic carbocycles. The predicted octanol–water partition coefficient (Wildman–Crippen LogP) is 4.34. The molecule has 0 aromatic heterocycles. The molecule has 45 heavy (non-hydrogen) atoms. The van der Waals surface area contributed by atoms with E-state index in [1.54, 1.807) is 7.11 Å². The number of benzene rings is 3. The molecule has 12 heteroatoms. The highest BCUT2D eigenvalue weighted by Gasteiger charge is 2.69. The summed E-state index contributed by atoms with van der Waals surface area (Å²) >= 11 is 0. The molecule has 4 atom stereocenters. The van der Waals surface area contributed by atoms with Gasteiger partial charge in [-0.1, -0.05) is 72.8 Å². The summed E-state index contributed by atoms with van der Waals surface area (Å²) in [5.74, 6) is -4.03. The average molecular weight is 624 g/mol. The fraction of sp³-hybridized carbons (Fsp3) is 0.333. The van der Waals surface area contributed by atoms with Crippen molar-refractivity contribution in [2.45, 2.75) is 43.7 Å². The Hall–Kier alpha value is -4.71. The Labute approximate surface area is 257 Å². The number of nitrogens with one attached hydrogen (secondary N) is 1. The van der Waals surface area contributed by atoms with Gasteiger partial charge in [-0.15, -0.1) is 0 Å². The molecule has 0 bridgehead atoms. The second-order valence-corrected chi connectivity index (χ2v) is 11.2. The Morgan fingerprint density at radius 2 is 1.47 bits per heavy atom. The molecule has 2 N–H and O–H groups in total. The Morgan fingerprint density at radius 3 is 2.00 bits per heavy atom. The molecule has 3 saturated heterocycles. The highest BCUT2D eigenvalue weighted by molar-refractivity contribution is 6.10. The van der Waals surface area contributed by atoms with Crippen LogP contribution in [0.4, 0.5) is 13.2 Å². The van der Waals surface area contributed by atoms with Gasteiger partial charge in [-0.05, 0) is 41.7 Å². The molecule has 3 heterocycles. The van der Waals surface area contributed by atoms with Gasteiger partial charge in [0.15, 0.2) is 0 Å². The average Bonchev–Trinajstić information content (AvgIpc) is 3.50. The molecule has 1 spiro atoms. The van der Waals surface area contributed by atoms with Gasteiger partial charge < -0.3 is 14.7 Å². The third-order valence-corrected chi connectivity index (χ3v) is 8.53. The predicted molar refractivity (Wildman–Crippen MR) is 155 cm³/mol. The van der Waals surface area contributed by atoms with E-state index in [0.717, 1.165) is 23.1 Å². The van der Waals surface area contributed by atoms with Crippen LogP contribution in [0, 0.1) is 11.8 Å². The van der Waals surface area contributed by atoms with Gasteiger partial charge >= 0.3 is 12.1 Å². The van der Waals surface area contributed by atoms with Gasteiger partial charge in [-0.25, -0.2) is 4.79 Å². The van der Waals surface area contributed by atoms with Crippen molar-refractivity contribution in [3.8, 4) is 5.75 Å². The first-order valence-corrected chi connectivity index (χ1v) is 14.4. The minimum atomic E-state index is -5.08. The number of amides is 3. The van der Waals surface area contributed by atoms with E-state index in [2.05, 4.69) is 5.32 Å². The smallest absolute Gasteiger partial charge is 0.490 e. The van der Waals surface area contributed by atoms with E-state index >= 15 is 0 Å². The normalized spacial score (nSPS) is 24.4. The standard InChI is InChI=1S/C31H31N3O4.C2HF3O2/c1-38-24-15-13-23(14-16-24)27-25-26(29(36)34(28(25)35)20-22-11-6-3-7-12-22)31(32-27)17-8-18-33(30(31)37)19-21-9-4-2-5-10-21;3-2(4,5)1(6)7/h2-7,9-16,25-27,32H,8,17-20H2,1H3;(H,6,7)/t25-,26-,27-,31-;/m1./s1. The van der Waals surface area contributed by atoms with Crippen LogP contribution >= 0.6 is 0 Å². The second kappa shape index (κ2) is 12.7. The largest absolute Gasteiger partial charge is 0.497 e. The maximum Gasteiger partial charge on any atom is 0.490 e. The van der Waals surface area contributed by atoms with Crippen molar-refractivity contribution < 1.29 is 42.2 Å². The fourth-order valence-electron chi connectivity index (χ4n) is 6.50. The highest BCUT2D eigenvalue weighted by Crippen LogP contribution is 2.52. The fourth-order valence-corrected chi connectivity index (χ4v) is 6.50. The number of rotatable bonds is 6. The zero-order valence-corrected chi connectivity index (χ0v) is 24.4. The zero-order valence-electron chi connectivity index (χ0n) is 24.4. The molecule has 3 fully saturated rings. The van der Waals surface area contributed by atoms with Gasteiger partial charge in [0.2, 0.25) is 17.7 Å². The summed E-state index contributed by atoms with van der Waals surface area (Å²) in [5.41, 5.74) is 1.67. The van der Waals surface area contributed by atoms with E-state index in [1.807, 2.05) is 89.8 Å². The van der Waals surface area contributed by atoms with Crippen molar-refractivity contribution in [3.05, 3.63) is 102 Å². The molecule has 0 saturated carbocycles. The summed E-state index contributed by atoms with van der Waals surface area (Å²) in [6.07, 6.45) is -3.81. The van der Waals surface area contributed by atoms with Crippen LogP contribution in [-0.4, -0.2) is 64.0 Å². The van der Waals surface area contributed by atoms with Crippen LogP contribution in [0.15, 0.2) is 84.9 Å². The number of hydrogen-bond donors (Lipinski definition) is 2. The summed E-state index contributed by atoms with van der Waals surface area (Å²) in [6.45, 7) is 1.31. The lowest BCUT2D eigenvalue weighted by Gasteiger charge is -2.42. The highest BCUT2D eigenvalue weighted by atomic mass is 19.4. The number of nitrogens with zero attached hydrogens (tertiary/aromatic N) is 2. The maximum absolute atomic E-state index is 14.3. The van der Waals surface area contributed by atoms with Crippen LogP contribution in [0.1, 0.15) is 35.6 Å². The van der Waals surface area contributed by atoms with Crippen LogP contribution in [0.3, 0.4) is 0 Å². The number of carbonyl (C=O) groups is 4. The van der Waals surface area contributed by atoms with Crippen LogP contribution < -0.4 is 10.1 Å². The first-order chi connectivity index (χ1) is 21.5. The van der Waals surface area contributed by atoms with E-state index < -0.39 is 35.6 Å². The summed E-state index contributed by atoms with van der Waals surface area (Å²) in [4.78, 5) is 54.3. The lowest BCUT2D eigenvalue weighted by molar-refractivity contribution is -0.192. The number of carboxylic acid groups (broad SMARTS) is 1. The number of ether oxygens (including phenoxy) is 1. The van der Waals surface area contributed by atoms with Crippen LogP contribution in [0.25, 0.3) is 0 Å². The van der Waals surface area contributed by atoms with Crippen molar-refractivity contribution in [1.29, 1.82) is 0 Å². The third kappa shape index (κ3) is 6.28. The molecule has 0 unspecified atom stereocenters. The van der Waals surface area contributed by atoms with E-state index in [9.17, 15) is 27.6 Å². The van der Waals surface area contributed by atoms with Crippen molar-refractivity contribution in [1.82, 2.24) is 15.1 Å². The number of halogens is 3. The number of carbonyl (C=O) groups excluding carboxylic acids is 3. The number of imide groups is 1. The Morgan fingerprint density at radius 1 is 0.911 bits per heavy atom. The van der Waals surface area contributed by atoms with Gasteiger partial charge in [0.25, 0.3) is 0 Å². The molecule has 3 aromatic rings. The van der Waals surface area contributed by atoms with Crippen molar-refractivity contribution in [2.24, 2.45) is 11.8 Å². The Kier molecular flexibility index (Phi) is 8.96. The summed E-state index contributed by atoms with van der Waals surface area (Å²) in [5, 5.41) is 10.7. The summed E-state index contributed by atoms with van der Waals surface area (Å²) in [7, 11) is 1.61. The SMILES string of the molecule is COc1ccc([C@H]2N[C@]3(CCCN(Cc4ccccc4)C3=O)[C@H]3C(=O)N(Cc4ccccc4)C(=O)[C@@H]23)cc1.O=C(O)C(F)(F)F. The number of hydrogen-bond acceptors (Lipinski definition) is 6. The molecule has 3 amide bonds. The molecule has 0 radical (unpaired) electrons. The molecule has 3 aromatic carbocycles. The third-order valence-electron chi connectivity index (χ3n) is 8.53. The van der Waals surface area contributed by atoms with Crippen LogP contribution in [0.5, 0.6) is 5.75 Å². The lowest BCUT2D eigenvalue weighted by atomic mass is 9.74. The van der Waals surface area contributed by atoms with E-state index in [-0.39, 0.29) is 24.3 Å². The first kappa shape index (κ1) is 31.7. The lowest BCUT2D eigenvalue weighted by Crippen LogP contribution is -2.63. The quantitative estimate of drug-likeness (QED) is 0.393. The van der Waals surface area contributed by atoms with E-state index in [1.165, 1.54) is 4.90 Å². The second-order valence-electron chi connectivity index (χ2n) is 11.2. The van der Waals surface area contributed by atoms with Crippen molar-refractivity contribution >= 4 is 23.7 Å². The number of methoxy groups -OCH3 is 1. The van der Waals surface area contributed by atoms with E-state index in [0.29, 0.717) is 25.3 Å². The Balaban J connectivity index is 0.000000515. The number of aliphatic carboxylic acids is 1. The summed E-state index contributed by atoms with van der Waals surface area (Å²) in [6, 6.07) is 26.5. The monoisotopic (exact) mass is 623 g/mol. The molecular weight excluding hydrogens is 591 g/mol. The van der Waals surface area contributed by atoms with Crippen LogP contribution in [-0.2, 0) is 32.3 Å². The van der Waals surface area contributed by atoms with Crippen molar-refractivity contribution in [3.63, 3.8) is 0 Å². The van der Waals surface area contributed by atoms with Crippen molar-refractivity contribution in [2.75, 3.05) is 13.7 Å². The van der Waals surface area contributed by atoms with Gasteiger partial charge in [-0.2, -0.15) is 13.2 Å². The van der Waals surface area contributed by atoms with Gasteiger partial charge in [-0.3, -0.25) is 24.6 Å². The zero-order chi connectivity index (χ0) is 32.4. The first-order valence-electron chi connectivity index (χ1n) is 14.4. The maximum atomic E-state index is 14.3. The molecular formula is C33H32F3N3O6. The number of piperidine rings is 1. The molecule has 9 nitrogen and oxygen atoms in total. The molecule has 236 valence electrons. The number of fused-ring (bicyclic) bond motifs is 2. The minimum absolute atomic E-state index is 0.0960. The molecule has 6 rings (SSSR count). The number of likely N-dealkylation sites (tertiary alicyclic amines) is 2.